The highest BCUT2D eigenvalue weighted by Gasteiger charge is 2.07. The molecule has 1 aromatic rings. The first-order chi connectivity index (χ1) is 5.75. The summed E-state index contributed by atoms with van der Waals surface area (Å²) in [6, 6.07) is 2.48. The van der Waals surface area contributed by atoms with E-state index < -0.39 is 0 Å². The standard InChI is InChI=1S/C9H15NOS/c1-7-3-6-12-9(7)8(2)10-4-5-11/h3,6,8,10-11H,4-5H2,1-2H3/t8-/m1/s1. The lowest BCUT2D eigenvalue weighted by Crippen LogP contribution is -2.21. The summed E-state index contributed by atoms with van der Waals surface area (Å²) in [5.74, 6) is 0. The summed E-state index contributed by atoms with van der Waals surface area (Å²) < 4.78 is 0. The molecule has 0 spiro atoms. The van der Waals surface area contributed by atoms with Crippen molar-refractivity contribution in [2.24, 2.45) is 0 Å². The Balaban J connectivity index is 2.52. The number of aliphatic hydroxyl groups is 1. The Morgan fingerprint density at radius 1 is 1.67 bits per heavy atom. The van der Waals surface area contributed by atoms with Gasteiger partial charge in [0.2, 0.25) is 0 Å². The van der Waals surface area contributed by atoms with Crippen molar-refractivity contribution >= 4 is 11.3 Å². The number of rotatable bonds is 4. The zero-order valence-electron chi connectivity index (χ0n) is 7.50. The van der Waals surface area contributed by atoms with Crippen LogP contribution in [0.1, 0.15) is 23.4 Å². The molecule has 0 aromatic carbocycles. The van der Waals surface area contributed by atoms with Crippen LogP contribution in [-0.2, 0) is 0 Å². The first-order valence-electron chi connectivity index (χ1n) is 4.14. The van der Waals surface area contributed by atoms with Crippen molar-refractivity contribution in [1.29, 1.82) is 0 Å². The van der Waals surface area contributed by atoms with Gasteiger partial charge in [0.05, 0.1) is 6.61 Å². The van der Waals surface area contributed by atoms with Crippen LogP contribution in [0.25, 0.3) is 0 Å². The number of hydrogen-bond acceptors (Lipinski definition) is 3. The summed E-state index contributed by atoms with van der Waals surface area (Å²) in [7, 11) is 0. The number of nitrogens with one attached hydrogen (secondary N) is 1. The second-order valence-electron chi connectivity index (χ2n) is 2.87. The van der Waals surface area contributed by atoms with Crippen molar-refractivity contribution in [2.45, 2.75) is 19.9 Å². The molecule has 0 amide bonds. The molecule has 1 aromatic heterocycles. The third kappa shape index (κ3) is 2.30. The molecule has 0 aliphatic rings. The van der Waals surface area contributed by atoms with E-state index in [-0.39, 0.29) is 6.61 Å². The largest absolute Gasteiger partial charge is 0.395 e. The van der Waals surface area contributed by atoms with E-state index in [9.17, 15) is 0 Å². The fourth-order valence-corrected chi connectivity index (χ4v) is 2.16. The van der Waals surface area contributed by atoms with E-state index >= 15 is 0 Å². The number of thiophene rings is 1. The smallest absolute Gasteiger partial charge is 0.0556 e. The lowest BCUT2D eigenvalue weighted by Gasteiger charge is -2.11. The molecular formula is C9H15NOS. The van der Waals surface area contributed by atoms with Gasteiger partial charge in [-0.2, -0.15) is 0 Å². The summed E-state index contributed by atoms with van der Waals surface area (Å²) in [6.07, 6.45) is 0. The van der Waals surface area contributed by atoms with Crippen molar-refractivity contribution in [3.05, 3.63) is 21.9 Å². The first-order valence-corrected chi connectivity index (χ1v) is 5.02. The van der Waals surface area contributed by atoms with E-state index in [0.29, 0.717) is 12.6 Å². The SMILES string of the molecule is Cc1ccsc1[C@@H](C)NCCO. The summed E-state index contributed by atoms with van der Waals surface area (Å²) in [5.41, 5.74) is 1.33. The van der Waals surface area contributed by atoms with Crippen molar-refractivity contribution < 1.29 is 5.11 Å². The molecule has 0 fully saturated rings. The molecular weight excluding hydrogens is 170 g/mol. The Hall–Kier alpha value is -0.380. The monoisotopic (exact) mass is 185 g/mol. The van der Waals surface area contributed by atoms with Crippen molar-refractivity contribution in [3.63, 3.8) is 0 Å². The number of aliphatic hydroxyl groups excluding tert-OH is 1. The van der Waals surface area contributed by atoms with Gasteiger partial charge in [0, 0.05) is 17.5 Å². The molecule has 0 aliphatic heterocycles. The molecule has 1 heterocycles. The van der Waals surface area contributed by atoms with E-state index in [0.717, 1.165) is 0 Å². The quantitative estimate of drug-likeness (QED) is 0.748. The highest BCUT2D eigenvalue weighted by atomic mass is 32.1. The molecule has 68 valence electrons. The zero-order valence-corrected chi connectivity index (χ0v) is 8.32. The Morgan fingerprint density at radius 2 is 2.42 bits per heavy atom. The van der Waals surface area contributed by atoms with Crippen LogP contribution in [0.2, 0.25) is 0 Å². The highest BCUT2D eigenvalue weighted by Crippen LogP contribution is 2.22. The number of hydrogen-bond donors (Lipinski definition) is 2. The van der Waals surface area contributed by atoms with Crippen LogP contribution in [0.5, 0.6) is 0 Å². The molecule has 12 heavy (non-hydrogen) atoms. The first kappa shape index (κ1) is 9.71. The predicted molar refractivity (Wildman–Crippen MR) is 52.6 cm³/mol. The molecule has 0 aliphatic carbocycles. The summed E-state index contributed by atoms with van der Waals surface area (Å²) in [6.45, 7) is 5.10. The van der Waals surface area contributed by atoms with Crippen LogP contribution >= 0.6 is 11.3 Å². The van der Waals surface area contributed by atoms with Crippen LogP contribution < -0.4 is 5.32 Å². The van der Waals surface area contributed by atoms with E-state index in [1.165, 1.54) is 10.4 Å². The van der Waals surface area contributed by atoms with Crippen molar-refractivity contribution in [2.75, 3.05) is 13.2 Å². The molecule has 1 rings (SSSR count). The molecule has 0 saturated carbocycles. The van der Waals surface area contributed by atoms with Gasteiger partial charge in [-0.3, -0.25) is 0 Å². The lowest BCUT2D eigenvalue weighted by atomic mass is 10.2. The maximum Gasteiger partial charge on any atom is 0.0556 e. The molecule has 2 N–H and O–H groups in total. The van der Waals surface area contributed by atoms with Crippen molar-refractivity contribution in [3.8, 4) is 0 Å². The summed E-state index contributed by atoms with van der Waals surface area (Å²) >= 11 is 1.76. The maximum atomic E-state index is 8.62. The maximum absolute atomic E-state index is 8.62. The Kier molecular flexibility index (Phi) is 3.72. The lowest BCUT2D eigenvalue weighted by molar-refractivity contribution is 0.286. The second kappa shape index (κ2) is 4.60. The normalized spacial score (nSPS) is 13.2. The number of aryl methyl sites for hydroxylation is 1. The molecule has 0 radical (unpaired) electrons. The molecule has 0 bridgehead atoms. The Labute approximate surface area is 77.2 Å². The van der Waals surface area contributed by atoms with E-state index in [4.69, 9.17) is 5.11 Å². The molecule has 3 heteroatoms. The van der Waals surface area contributed by atoms with Gasteiger partial charge >= 0.3 is 0 Å². The molecule has 0 saturated heterocycles. The summed E-state index contributed by atoms with van der Waals surface area (Å²) in [5, 5.41) is 14.0. The van der Waals surface area contributed by atoms with Crippen LogP contribution in [0.4, 0.5) is 0 Å². The topological polar surface area (TPSA) is 32.3 Å². The van der Waals surface area contributed by atoms with Crippen LogP contribution in [-0.4, -0.2) is 18.3 Å². The molecule has 2 nitrogen and oxygen atoms in total. The van der Waals surface area contributed by atoms with E-state index in [2.05, 4.69) is 30.6 Å². The van der Waals surface area contributed by atoms with Gasteiger partial charge in [0.1, 0.15) is 0 Å². The minimum Gasteiger partial charge on any atom is -0.395 e. The minimum atomic E-state index is 0.203. The van der Waals surface area contributed by atoms with Gasteiger partial charge in [-0.1, -0.05) is 0 Å². The molecule has 0 unspecified atom stereocenters. The fourth-order valence-electron chi connectivity index (χ4n) is 1.20. The van der Waals surface area contributed by atoms with Gasteiger partial charge in [0.25, 0.3) is 0 Å². The Bertz CT molecular complexity index is 234. The highest BCUT2D eigenvalue weighted by molar-refractivity contribution is 7.10. The van der Waals surface area contributed by atoms with Crippen LogP contribution in [0.15, 0.2) is 11.4 Å². The zero-order chi connectivity index (χ0) is 8.97. The van der Waals surface area contributed by atoms with Crippen LogP contribution in [0.3, 0.4) is 0 Å². The summed E-state index contributed by atoms with van der Waals surface area (Å²) in [4.78, 5) is 1.36. The Morgan fingerprint density at radius 3 is 2.92 bits per heavy atom. The third-order valence-corrected chi connectivity index (χ3v) is 3.06. The third-order valence-electron chi connectivity index (χ3n) is 1.86. The second-order valence-corrected chi connectivity index (χ2v) is 3.81. The molecule has 1 atom stereocenters. The van der Waals surface area contributed by atoms with Gasteiger partial charge in [-0.05, 0) is 30.9 Å². The van der Waals surface area contributed by atoms with Gasteiger partial charge in [-0.15, -0.1) is 11.3 Å². The van der Waals surface area contributed by atoms with E-state index in [1.807, 2.05) is 0 Å². The average molecular weight is 185 g/mol. The van der Waals surface area contributed by atoms with Crippen molar-refractivity contribution in [1.82, 2.24) is 5.32 Å². The van der Waals surface area contributed by atoms with Gasteiger partial charge < -0.3 is 10.4 Å². The van der Waals surface area contributed by atoms with Crippen LogP contribution in [0, 0.1) is 6.92 Å². The fraction of sp³-hybridized carbons (Fsp3) is 0.556. The predicted octanol–water partition coefficient (Wildman–Crippen LogP) is 1.70. The van der Waals surface area contributed by atoms with Gasteiger partial charge in [-0.25, -0.2) is 0 Å². The average Bonchev–Trinajstić information content (AvgIpc) is 2.47. The minimum absolute atomic E-state index is 0.203. The van der Waals surface area contributed by atoms with Gasteiger partial charge in [0.15, 0.2) is 0 Å². The van der Waals surface area contributed by atoms with E-state index in [1.54, 1.807) is 11.3 Å².